The number of aromatic hydroxyl groups is 1. The van der Waals surface area contributed by atoms with Crippen LogP contribution >= 0.6 is 11.6 Å². The molecule has 4 aliphatic rings. The number of Topliss-reactive ketones (excluding diaryl/α,β-unsaturated/α-hetero) is 1. The number of allylic oxidation sites excluding steroid dienone is 6. The van der Waals surface area contributed by atoms with Crippen LogP contribution in [0.2, 0.25) is 5.02 Å². The van der Waals surface area contributed by atoms with Gasteiger partial charge in [0.2, 0.25) is 11.8 Å². The van der Waals surface area contributed by atoms with Crippen molar-refractivity contribution < 1.29 is 34.2 Å². The van der Waals surface area contributed by atoms with Gasteiger partial charge in [0.1, 0.15) is 5.75 Å². The highest BCUT2D eigenvalue weighted by molar-refractivity contribution is 6.30. The quantitative estimate of drug-likeness (QED) is 0.334. The molecule has 1 fully saturated rings. The summed E-state index contributed by atoms with van der Waals surface area (Å²) in [5.41, 5.74) is 1.96. The van der Waals surface area contributed by atoms with Gasteiger partial charge in [-0.2, -0.15) is 0 Å². The predicted octanol–water partition coefficient (Wildman–Crippen LogP) is 4.38. The number of benzene rings is 2. The Morgan fingerprint density at radius 2 is 1.79 bits per heavy atom. The number of phenols is 1. The maximum Gasteiger partial charge on any atom is 0.335 e. The summed E-state index contributed by atoms with van der Waals surface area (Å²) in [6, 6.07) is 10.1. The number of carbonyl (C=O) groups excluding carboxylic acids is 4. The molecule has 2 aromatic rings. The van der Waals surface area contributed by atoms with Crippen molar-refractivity contribution in [1.29, 1.82) is 0 Å². The van der Waals surface area contributed by atoms with Crippen molar-refractivity contribution in [2.75, 3.05) is 4.90 Å². The van der Waals surface area contributed by atoms with E-state index >= 15 is 0 Å². The lowest BCUT2D eigenvalue weighted by molar-refractivity contribution is -0.123. The first-order valence-electron chi connectivity index (χ1n) is 12.5. The predicted molar refractivity (Wildman–Crippen MR) is 140 cm³/mol. The zero-order chi connectivity index (χ0) is 27.7. The number of carboxylic acids is 1. The largest absolute Gasteiger partial charge is 0.508 e. The molecule has 8 nitrogen and oxygen atoms in total. The van der Waals surface area contributed by atoms with Crippen molar-refractivity contribution in [3.8, 4) is 5.75 Å². The van der Waals surface area contributed by atoms with Crippen molar-refractivity contribution >= 4 is 46.6 Å². The van der Waals surface area contributed by atoms with Crippen LogP contribution < -0.4 is 4.90 Å². The van der Waals surface area contributed by atoms with E-state index in [1.54, 1.807) is 13.0 Å². The summed E-state index contributed by atoms with van der Waals surface area (Å²) in [5.74, 6) is -5.78. The van der Waals surface area contributed by atoms with Gasteiger partial charge >= 0.3 is 5.97 Å². The molecule has 2 aromatic carbocycles. The molecule has 3 aliphatic carbocycles. The van der Waals surface area contributed by atoms with Crippen LogP contribution in [-0.4, -0.2) is 39.6 Å². The first-order valence-corrected chi connectivity index (χ1v) is 12.9. The lowest BCUT2D eigenvalue weighted by Crippen LogP contribution is -2.39. The van der Waals surface area contributed by atoms with Gasteiger partial charge in [-0.05, 0) is 68.2 Å². The monoisotopic (exact) mass is 543 g/mol. The summed E-state index contributed by atoms with van der Waals surface area (Å²) >= 11 is 6.27. The van der Waals surface area contributed by atoms with E-state index < -0.39 is 41.5 Å². The molecule has 0 unspecified atom stereocenters. The second kappa shape index (κ2) is 8.88. The third kappa shape index (κ3) is 3.70. The average molecular weight is 544 g/mol. The summed E-state index contributed by atoms with van der Waals surface area (Å²) in [7, 11) is 0. The Kier molecular flexibility index (Phi) is 5.69. The molecule has 1 saturated heterocycles. The van der Waals surface area contributed by atoms with E-state index in [1.807, 2.05) is 6.08 Å². The first kappa shape index (κ1) is 25.0. The van der Waals surface area contributed by atoms with Crippen molar-refractivity contribution in [3.05, 3.63) is 93.1 Å². The highest BCUT2D eigenvalue weighted by Gasteiger charge is 2.56. The molecule has 9 heteroatoms. The van der Waals surface area contributed by atoms with Gasteiger partial charge in [-0.1, -0.05) is 29.3 Å². The van der Waals surface area contributed by atoms with Gasteiger partial charge in [0.25, 0.3) is 0 Å². The molecular weight excluding hydrogens is 522 g/mol. The normalized spacial score (nSPS) is 26.2. The van der Waals surface area contributed by atoms with Crippen LogP contribution in [0.5, 0.6) is 5.75 Å². The third-order valence-electron chi connectivity index (χ3n) is 8.21. The Morgan fingerprint density at radius 3 is 2.54 bits per heavy atom. The summed E-state index contributed by atoms with van der Waals surface area (Å²) in [6.45, 7) is 1.56. The number of carbonyl (C=O) groups is 5. The fourth-order valence-corrected chi connectivity index (χ4v) is 6.71. The van der Waals surface area contributed by atoms with Crippen LogP contribution in [0.3, 0.4) is 0 Å². The summed E-state index contributed by atoms with van der Waals surface area (Å²) in [6.07, 6.45) is 3.45. The van der Waals surface area contributed by atoms with Gasteiger partial charge in [-0.15, -0.1) is 0 Å². The number of hydrogen-bond donors (Lipinski definition) is 2. The van der Waals surface area contributed by atoms with Crippen LogP contribution in [-0.2, 0) is 19.2 Å². The topological polar surface area (TPSA) is 129 Å². The van der Waals surface area contributed by atoms with Crippen LogP contribution in [0.15, 0.2) is 76.9 Å². The molecule has 0 radical (unpaired) electrons. The lowest BCUT2D eigenvalue weighted by atomic mass is 9.59. The number of ketones is 2. The molecule has 6 rings (SSSR count). The molecule has 1 aliphatic heterocycles. The standard InChI is InChI=1S/C30H22ClNO7/c1-13-9-23(34)26-21(27(13)35)12-19-17(24(26)20-11-15(31)5-8-22(20)33)6-7-18-25(19)29(37)32(28(18)36)16-4-2-3-14(10-16)30(38)39/h2-6,8-11,18-19,24-25,33H,7,12H2,1H3,(H,38,39)/t18-,19+,24+,25-/m0/s1. The van der Waals surface area contributed by atoms with Crippen LogP contribution in [0.25, 0.3) is 0 Å². The van der Waals surface area contributed by atoms with Crippen LogP contribution in [0, 0.1) is 17.8 Å². The zero-order valence-electron chi connectivity index (χ0n) is 20.7. The van der Waals surface area contributed by atoms with Gasteiger partial charge in [0, 0.05) is 33.2 Å². The molecule has 2 N–H and O–H groups in total. The highest BCUT2D eigenvalue weighted by atomic mass is 35.5. The summed E-state index contributed by atoms with van der Waals surface area (Å²) in [5, 5.41) is 20.6. The van der Waals surface area contributed by atoms with Crippen molar-refractivity contribution in [2.24, 2.45) is 17.8 Å². The number of halogens is 1. The summed E-state index contributed by atoms with van der Waals surface area (Å²) < 4.78 is 0. The number of carboxylic acid groups (broad SMARTS) is 1. The second-order valence-corrected chi connectivity index (χ2v) is 10.7. The zero-order valence-corrected chi connectivity index (χ0v) is 21.4. The number of hydrogen-bond acceptors (Lipinski definition) is 6. The van der Waals surface area contributed by atoms with E-state index in [4.69, 9.17) is 11.6 Å². The minimum Gasteiger partial charge on any atom is -0.508 e. The van der Waals surface area contributed by atoms with Crippen molar-refractivity contribution in [3.63, 3.8) is 0 Å². The molecule has 0 aromatic heterocycles. The Balaban J connectivity index is 1.49. The molecule has 39 heavy (non-hydrogen) atoms. The molecule has 0 saturated carbocycles. The maximum atomic E-state index is 13.9. The van der Waals surface area contributed by atoms with E-state index in [2.05, 4.69) is 0 Å². The van der Waals surface area contributed by atoms with Crippen LogP contribution in [0.4, 0.5) is 5.69 Å². The minimum atomic E-state index is -1.18. The Hall–Kier alpha value is -4.30. The molecule has 1 heterocycles. The van der Waals surface area contributed by atoms with Crippen LogP contribution in [0.1, 0.15) is 41.6 Å². The van der Waals surface area contributed by atoms with E-state index in [9.17, 15) is 34.2 Å². The van der Waals surface area contributed by atoms with E-state index in [1.165, 1.54) is 42.5 Å². The van der Waals surface area contributed by atoms with Crippen molar-refractivity contribution in [1.82, 2.24) is 0 Å². The average Bonchev–Trinajstić information content (AvgIpc) is 3.17. The number of anilines is 1. The Morgan fingerprint density at radius 1 is 1.03 bits per heavy atom. The van der Waals surface area contributed by atoms with E-state index in [0.29, 0.717) is 16.2 Å². The Bertz CT molecular complexity index is 1630. The molecule has 4 atom stereocenters. The van der Waals surface area contributed by atoms with E-state index in [-0.39, 0.29) is 58.1 Å². The fraction of sp³-hybridized carbons (Fsp3) is 0.233. The number of amides is 2. The number of phenolic OH excluding ortho intramolecular Hbond substituents is 1. The highest BCUT2D eigenvalue weighted by Crippen LogP contribution is 2.56. The van der Waals surface area contributed by atoms with Gasteiger partial charge in [-0.25, -0.2) is 4.79 Å². The maximum absolute atomic E-state index is 13.9. The summed E-state index contributed by atoms with van der Waals surface area (Å²) in [4.78, 5) is 66.6. The number of imide groups is 1. The smallest absolute Gasteiger partial charge is 0.335 e. The lowest BCUT2D eigenvalue weighted by Gasteiger charge is -2.42. The molecule has 0 bridgehead atoms. The molecule has 196 valence electrons. The van der Waals surface area contributed by atoms with Gasteiger partial charge < -0.3 is 10.2 Å². The van der Waals surface area contributed by atoms with Gasteiger partial charge in [-0.3, -0.25) is 24.1 Å². The fourth-order valence-electron chi connectivity index (χ4n) is 6.53. The molecule has 2 amide bonds. The minimum absolute atomic E-state index is 0.0562. The number of rotatable bonds is 3. The number of nitrogens with zero attached hydrogens (tertiary/aromatic N) is 1. The van der Waals surface area contributed by atoms with E-state index in [0.717, 1.165) is 4.90 Å². The second-order valence-electron chi connectivity index (χ2n) is 10.3. The number of fused-ring (bicyclic) bond motifs is 3. The SMILES string of the molecule is CC1=CC(=O)C2=C(C[C@@H]3C(=CC[C@@H]4C(=O)N(c5cccc(C(=O)O)c5)C(=O)[C@@H]43)[C@@H]2c2cc(Cl)ccc2O)C1=O. The molecule has 0 spiro atoms. The van der Waals surface area contributed by atoms with Crippen molar-refractivity contribution in [2.45, 2.75) is 25.7 Å². The van der Waals surface area contributed by atoms with Gasteiger partial charge in [0.15, 0.2) is 11.6 Å². The van der Waals surface area contributed by atoms with Gasteiger partial charge in [0.05, 0.1) is 23.1 Å². The Labute approximate surface area is 227 Å². The third-order valence-corrected chi connectivity index (χ3v) is 8.45. The molecular formula is C30H22ClNO7. The number of aromatic carboxylic acids is 1. The first-order chi connectivity index (χ1) is 18.6.